The van der Waals surface area contributed by atoms with Crippen LogP contribution in [0.3, 0.4) is 0 Å². The predicted octanol–water partition coefficient (Wildman–Crippen LogP) is 2.79. The lowest BCUT2D eigenvalue weighted by molar-refractivity contribution is 0.0738. The number of hydrogen-bond donors (Lipinski definition) is 0. The molecular weight excluding hydrogens is 264 g/mol. The Balaban J connectivity index is 2.00. The van der Waals surface area contributed by atoms with Gasteiger partial charge >= 0.3 is 0 Å². The Kier molecular flexibility index (Phi) is 5.11. The van der Waals surface area contributed by atoms with E-state index in [0.717, 1.165) is 11.5 Å². The number of benzene rings is 2. The van der Waals surface area contributed by atoms with Gasteiger partial charge in [0.25, 0.3) is 0 Å². The standard InChI is InChI=1S/C14H15ClO2Si/c15-11-18-14(16-12-7-3-1-4-8-12)17-13-9-5-2-6-10-13/h1-10,14H,11,18H2. The number of para-hydroxylation sites is 2. The fraction of sp³-hybridized carbons (Fsp3) is 0.143. The van der Waals surface area contributed by atoms with Gasteiger partial charge in [-0.3, -0.25) is 0 Å². The average Bonchev–Trinajstić information content (AvgIpc) is 2.41. The fourth-order valence-electron chi connectivity index (χ4n) is 1.53. The Hall–Kier alpha value is -1.45. The maximum absolute atomic E-state index is 5.83. The Morgan fingerprint density at radius 1 is 0.833 bits per heavy atom. The molecule has 0 spiro atoms. The molecule has 0 aromatic heterocycles. The van der Waals surface area contributed by atoms with E-state index < -0.39 is 9.52 Å². The van der Waals surface area contributed by atoms with Crippen LogP contribution in [0.5, 0.6) is 11.5 Å². The topological polar surface area (TPSA) is 18.5 Å². The predicted molar refractivity (Wildman–Crippen MR) is 77.2 cm³/mol. The summed E-state index contributed by atoms with van der Waals surface area (Å²) in [4.78, 5) is 0. The van der Waals surface area contributed by atoms with Gasteiger partial charge in [-0.15, -0.1) is 11.6 Å². The van der Waals surface area contributed by atoms with Crippen molar-refractivity contribution in [2.75, 3.05) is 5.50 Å². The van der Waals surface area contributed by atoms with Gasteiger partial charge in [0.15, 0.2) is 0 Å². The first-order valence-electron chi connectivity index (χ1n) is 5.88. The molecule has 0 radical (unpaired) electrons. The molecule has 4 heteroatoms. The van der Waals surface area contributed by atoms with Crippen molar-refractivity contribution in [3.8, 4) is 11.5 Å². The summed E-state index contributed by atoms with van der Waals surface area (Å²) < 4.78 is 11.6. The smallest absolute Gasteiger partial charge is 0.214 e. The van der Waals surface area contributed by atoms with E-state index in [9.17, 15) is 0 Å². The minimum absolute atomic E-state index is 0.229. The third-order valence-electron chi connectivity index (χ3n) is 2.37. The number of alkyl halides is 1. The fourth-order valence-corrected chi connectivity index (χ4v) is 2.87. The van der Waals surface area contributed by atoms with Crippen molar-refractivity contribution in [1.82, 2.24) is 0 Å². The van der Waals surface area contributed by atoms with Crippen molar-refractivity contribution >= 4 is 21.1 Å². The molecule has 18 heavy (non-hydrogen) atoms. The maximum Gasteiger partial charge on any atom is 0.214 e. The lowest BCUT2D eigenvalue weighted by atomic mass is 10.3. The molecule has 0 saturated heterocycles. The van der Waals surface area contributed by atoms with Gasteiger partial charge in [0, 0.05) is 5.50 Å². The summed E-state index contributed by atoms with van der Waals surface area (Å²) in [6, 6.07) is 19.4. The van der Waals surface area contributed by atoms with Crippen LogP contribution < -0.4 is 9.47 Å². The lowest BCUT2D eigenvalue weighted by Gasteiger charge is -2.19. The monoisotopic (exact) mass is 278 g/mol. The summed E-state index contributed by atoms with van der Waals surface area (Å²) in [6.45, 7) is 0. The number of rotatable bonds is 6. The van der Waals surface area contributed by atoms with Gasteiger partial charge in [0.1, 0.15) is 21.0 Å². The molecule has 2 aromatic carbocycles. The third kappa shape index (κ3) is 4.09. The van der Waals surface area contributed by atoms with Crippen LogP contribution in [0, 0.1) is 0 Å². The average molecular weight is 279 g/mol. The van der Waals surface area contributed by atoms with E-state index in [-0.39, 0.29) is 5.91 Å². The van der Waals surface area contributed by atoms with Crippen LogP contribution in [-0.2, 0) is 0 Å². The van der Waals surface area contributed by atoms with Crippen molar-refractivity contribution in [3.05, 3.63) is 60.7 Å². The Labute approximate surface area is 114 Å². The van der Waals surface area contributed by atoms with E-state index in [1.54, 1.807) is 0 Å². The molecule has 0 amide bonds. The minimum Gasteiger partial charge on any atom is -0.460 e. The highest BCUT2D eigenvalue weighted by molar-refractivity contribution is 6.51. The van der Waals surface area contributed by atoms with E-state index in [1.165, 1.54) is 0 Å². The van der Waals surface area contributed by atoms with Crippen LogP contribution in [0.4, 0.5) is 0 Å². The van der Waals surface area contributed by atoms with Crippen LogP contribution >= 0.6 is 11.6 Å². The Bertz CT molecular complexity index is 408. The SMILES string of the molecule is ClC[SiH2]C(Oc1ccccc1)Oc1ccccc1. The highest BCUT2D eigenvalue weighted by Crippen LogP contribution is 2.15. The summed E-state index contributed by atoms with van der Waals surface area (Å²) in [5.41, 5.74) is 0.629. The zero-order valence-electron chi connectivity index (χ0n) is 9.96. The van der Waals surface area contributed by atoms with Gasteiger partial charge in [0.05, 0.1) is 0 Å². The number of halogens is 1. The molecule has 0 aliphatic carbocycles. The highest BCUT2D eigenvalue weighted by atomic mass is 35.5. The van der Waals surface area contributed by atoms with E-state index in [0.29, 0.717) is 5.50 Å². The van der Waals surface area contributed by atoms with E-state index in [4.69, 9.17) is 21.1 Å². The molecule has 0 N–H and O–H groups in total. The van der Waals surface area contributed by atoms with Crippen molar-refractivity contribution in [1.29, 1.82) is 0 Å². The molecule has 0 bridgehead atoms. The second-order valence-electron chi connectivity index (χ2n) is 3.77. The normalized spacial score (nSPS) is 11.0. The summed E-state index contributed by atoms with van der Waals surface area (Å²) >= 11 is 5.83. The molecule has 2 nitrogen and oxygen atoms in total. The molecule has 0 aliphatic rings. The lowest BCUT2D eigenvalue weighted by Crippen LogP contribution is -2.31. The first-order valence-corrected chi connectivity index (χ1v) is 8.23. The molecule has 94 valence electrons. The molecule has 0 saturated carbocycles. The first kappa shape index (κ1) is 13.0. The van der Waals surface area contributed by atoms with Gasteiger partial charge in [0.2, 0.25) is 5.91 Å². The second-order valence-corrected chi connectivity index (χ2v) is 6.52. The van der Waals surface area contributed by atoms with Crippen molar-refractivity contribution < 1.29 is 9.47 Å². The summed E-state index contributed by atoms with van der Waals surface area (Å²) in [6.07, 6.45) is 0. The van der Waals surface area contributed by atoms with Crippen molar-refractivity contribution in [3.63, 3.8) is 0 Å². The van der Waals surface area contributed by atoms with Gasteiger partial charge in [-0.1, -0.05) is 36.4 Å². The molecule has 0 atom stereocenters. The molecule has 2 aromatic rings. The van der Waals surface area contributed by atoms with E-state index in [2.05, 4.69) is 0 Å². The highest BCUT2D eigenvalue weighted by Gasteiger charge is 2.11. The van der Waals surface area contributed by atoms with E-state index in [1.807, 2.05) is 60.7 Å². The van der Waals surface area contributed by atoms with Gasteiger partial charge in [-0.25, -0.2) is 0 Å². The number of ether oxygens (including phenoxy) is 2. The molecule has 2 rings (SSSR count). The number of hydrogen-bond acceptors (Lipinski definition) is 2. The third-order valence-corrected chi connectivity index (χ3v) is 4.04. The molecule has 0 unspecified atom stereocenters. The van der Waals surface area contributed by atoms with Crippen LogP contribution in [0.25, 0.3) is 0 Å². The molecule has 0 aliphatic heterocycles. The molecule has 0 heterocycles. The van der Waals surface area contributed by atoms with Crippen LogP contribution in [0.2, 0.25) is 0 Å². The first-order chi connectivity index (χ1) is 8.88. The molecule has 0 fully saturated rings. The van der Waals surface area contributed by atoms with Gasteiger partial charge in [-0.2, -0.15) is 0 Å². The van der Waals surface area contributed by atoms with Crippen molar-refractivity contribution in [2.24, 2.45) is 0 Å². The van der Waals surface area contributed by atoms with Gasteiger partial charge < -0.3 is 9.47 Å². The minimum atomic E-state index is -0.631. The zero-order chi connectivity index (χ0) is 12.6. The summed E-state index contributed by atoms with van der Waals surface area (Å²) in [5, 5.41) is 0. The quantitative estimate of drug-likeness (QED) is 0.460. The van der Waals surface area contributed by atoms with Gasteiger partial charge in [-0.05, 0) is 24.3 Å². The molecular formula is C14H15ClO2Si. The largest absolute Gasteiger partial charge is 0.460 e. The Morgan fingerprint density at radius 2 is 1.28 bits per heavy atom. The van der Waals surface area contributed by atoms with Crippen molar-refractivity contribution in [2.45, 2.75) is 5.91 Å². The summed E-state index contributed by atoms with van der Waals surface area (Å²) in [7, 11) is -0.631. The zero-order valence-corrected chi connectivity index (χ0v) is 12.1. The van der Waals surface area contributed by atoms with Crippen LogP contribution in [-0.4, -0.2) is 20.9 Å². The Morgan fingerprint density at radius 3 is 1.67 bits per heavy atom. The maximum atomic E-state index is 5.83. The summed E-state index contributed by atoms with van der Waals surface area (Å²) in [5.74, 6) is 1.40. The van der Waals surface area contributed by atoms with Crippen LogP contribution in [0.15, 0.2) is 60.7 Å². The van der Waals surface area contributed by atoms with E-state index >= 15 is 0 Å². The second kappa shape index (κ2) is 7.09. The van der Waals surface area contributed by atoms with Crippen LogP contribution in [0.1, 0.15) is 0 Å².